The molecule has 0 radical (unpaired) electrons. The van der Waals surface area contributed by atoms with Crippen LogP contribution in [0.25, 0.3) is 0 Å². The average molecular weight is 361 g/mol. The number of fused-ring (bicyclic) bond motifs is 1. The minimum absolute atomic E-state index is 0.212. The lowest BCUT2D eigenvalue weighted by molar-refractivity contribution is -0.947. The molecule has 4 heteroatoms. The van der Waals surface area contributed by atoms with Gasteiger partial charge < -0.3 is 14.0 Å². The van der Waals surface area contributed by atoms with E-state index in [2.05, 4.69) is 20.9 Å². The van der Waals surface area contributed by atoms with Crippen molar-refractivity contribution in [1.82, 2.24) is 0 Å². The van der Waals surface area contributed by atoms with Crippen LogP contribution in [0.2, 0.25) is 0 Å². The van der Waals surface area contributed by atoms with Gasteiger partial charge in [0.25, 0.3) is 0 Å². The van der Waals surface area contributed by atoms with Crippen LogP contribution in [0.5, 0.6) is 5.75 Å². The molecule has 1 aromatic carbocycles. The standard InChI is InChI=1S/C22H34NO3/c1-17(2)15-25-20-11-9-18(10-12-20)22(24)26-16-19-7-6-14-23(3)13-5-4-8-21(19)23/h9-12,17,19,21H,4-8,13-16H2,1-3H3/q+1/t19-,21-,23-/m1/s1. The lowest BCUT2D eigenvalue weighted by Crippen LogP contribution is -2.61. The van der Waals surface area contributed by atoms with E-state index in [1.54, 1.807) is 12.1 Å². The van der Waals surface area contributed by atoms with Crippen LogP contribution in [0.1, 0.15) is 56.3 Å². The molecule has 2 heterocycles. The normalized spacial score (nSPS) is 28.5. The maximum atomic E-state index is 12.4. The summed E-state index contributed by atoms with van der Waals surface area (Å²) in [4.78, 5) is 12.4. The largest absolute Gasteiger partial charge is 0.493 e. The molecule has 3 atom stereocenters. The number of esters is 1. The summed E-state index contributed by atoms with van der Waals surface area (Å²) < 4.78 is 12.6. The molecule has 3 rings (SSSR count). The number of quaternary nitrogens is 1. The first-order valence-electron chi connectivity index (χ1n) is 10.2. The molecule has 2 fully saturated rings. The second-order valence-corrected chi connectivity index (χ2v) is 8.72. The van der Waals surface area contributed by atoms with Crippen molar-refractivity contribution in [3.8, 4) is 5.75 Å². The first-order valence-corrected chi connectivity index (χ1v) is 10.2. The molecular formula is C22H34NO3+. The number of carbonyl (C=O) groups excluding carboxylic acids is 1. The number of hydrogen-bond acceptors (Lipinski definition) is 3. The molecule has 0 amide bonds. The highest BCUT2D eigenvalue weighted by Crippen LogP contribution is 2.36. The van der Waals surface area contributed by atoms with Crippen LogP contribution < -0.4 is 4.74 Å². The van der Waals surface area contributed by atoms with Gasteiger partial charge >= 0.3 is 5.97 Å². The van der Waals surface area contributed by atoms with Crippen molar-refractivity contribution in [3.05, 3.63) is 29.8 Å². The second kappa shape index (κ2) is 8.43. The number of hydrogen-bond donors (Lipinski definition) is 0. The fourth-order valence-electron chi connectivity index (χ4n) is 4.64. The van der Waals surface area contributed by atoms with Gasteiger partial charge in [0.1, 0.15) is 12.4 Å². The Morgan fingerprint density at radius 3 is 2.58 bits per heavy atom. The van der Waals surface area contributed by atoms with E-state index in [0.29, 0.717) is 36.7 Å². The molecule has 0 saturated carbocycles. The first kappa shape index (κ1) is 19.2. The number of benzene rings is 1. The topological polar surface area (TPSA) is 35.5 Å². The SMILES string of the molecule is CC(C)COc1ccc(C(=O)OC[C@H]2CCC[N@@+]3(C)CCCC[C@H]23)cc1. The molecule has 26 heavy (non-hydrogen) atoms. The molecular weight excluding hydrogens is 326 g/mol. The Morgan fingerprint density at radius 2 is 1.85 bits per heavy atom. The van der Waals surface area contributed by atoms with E-state index in [9.17, 15) is 4.79 Å². The van der Waals surface area contributed by atoms with Crippen LogP contribution in [0.15, 0.2) is 24.3 Å². The van der Waals surface area contributed by atoms with Gasteiger partial charge in [0.15, 0.2) is 0 Å². The summed E-state index contributed by atoms with van der Waals surface area (Å²) in [6, 6.07) is 7.99. The van der Waals surface area contributed by atoms with Gasteiger partial charge in [-0.3, -0.25) is 0 Å². The quantitative estimate of drug-likeness (QED) is 0.561. The molecule has 144 valence electrons. The Bertz CT molecular complexity index is 594. The Morgan fingerprint density at radius 1 is 1.12 bits per heavy atom. The molecule has 4 nitrogen and oxygen atoms in total. The zero-order chi connectivity index (χ0) is 18.6. The number of carbonyl (C=O) groups is 1. The lowest BCUT2D eigenvalue weighted by Gasteiger charge is -2.51. The highest BCUT2D eigenvalue weighted by Gasteiger charge is 2.43. The summed E-state index contributed by atoms with van der Waals surface area (Å²) in [5.41, 5.74) is 0.610. The molecule has 2 aliphatic heterocycles. The molecule has 0 aromatic heterocycles. The van der Waals surface area contributed by atoms with Crippen molar-refractivity contribution in [2.45, 2.75) is 52.0 Å². The third kappa shape index (κ3) is 4.59. The monoisotopic (exact) mass is 360 g/mol. The van der Waals surface area contributed by atoms with Crippen molar-refractivity contribution in [2.75, 3.05) is 33.4 Å². The van der Waals surface area contributed by atoms with Crippen molar-refractivity contribution >= 4 is 5.97 Å². The Labute approximate surface area is 158 Å². The summed E-state index contributed by atoms with van der Waals surface area (Å²) in [5.74, 6) is 1.58. The van der Waals surface area contributed by atoms with E-state index in [1.165, 1.54) is 49.7 Å². The summed E-state index contributed by atoms with van der Waals surface area (Å²) in [6.45, 7) is 8.05. The first-order chi connectivity index (χ1) is 12.5. The van der Waals surface area contributed by atoms with Crippen molar-refractivity contribution in [1.29, 1.82) is 0 Å². The fraction of sp³-hybridized carbons (Fsp3) is 0.682. The maximum absolute atomic E-state index is 12.4. The smallest absolute Gasteiger partial charge is 0.338 e. The summed E-state index contributed by atoms with van der Waals surface area (Å²) in [6.07, 6.45) is 6.37. The van der Waals surface area contributed by atoms with E-state index >= 15 is 0 Å². The molecule has 2 saturated heterocycles. The van der Waals surface area contributed by atoms with E-state index in [4.69, 9.17) is 9.47 Å². The minimum atomic E-state index is -0.212. The van der Waals surface area contributed by atoms with Crippen molar-refractivity contribution in [2.24, 2.45) is 11.8 Å². The van der Waals surface area contributed by atoms with Gasteiger partial charge in [-0.1, -0.05) is 13.8 Å². The number of piperidine rings is 2. The second-order valence-electron chi connectivity index (χ2n) is 8.72. The van der Waals surface area contributed by atoms with Gasteiger partial charge in [-0.15, -0.1) is 0 Å². The van der Waals surface area contributed by atoms with Crippen LogP contribution in [0.4, 0.5) is 0 Å². The van der Waals surface area contributed by atoms with Gasteiger partial charge in [0.2, 0.25) is 0 Å². The third-order valence-electron chi connectivity index (χ3n) is 6.11. The maximum Gasteiger partial charge on any atom is 0.338 e. The Balaban J connectivity index is 1.53. The number of ether oxygens (including phenoxy) is 2. The molecule has 2 aliphatic rings. The highest BCUT2D eigenvalue weighted by atomic mass is 16.5. The number of rotatable bonds is 6. The van der Waals surface area contributed by atoms with Gasteiger partial charge in [0, 0.05) is 12.3 Å². The van der Waals surface area contributed by atoms with E-state index < -0.39 is 0 Å². The van der Waals surface area contributed by atoms with Crippen LogP contribution >= 0.6 is 0 Å². The van der Waals surface area contributed by atoms with Gasteiger partial charge in [-0.05, 0) is 55.9 Å². The van der Waals surface area contributed by atoms with Crippen molar-refractivity contribution < 1.29 is 18.8 Å². The third-order valence-corrected chi connectivity index (χ3v) is 6.11. The van der Waals surface area contributed by atoms with E-state index in [0.717, 1.165) is 5.75 Å². The van der Waals surface area contributed by atoms with Crippen LogP contribution in [-0.2, 0) is 4.74 Å². The molecule has 0 aliphatic carbocycles. The summed E-state index contributed by atoms with van der Waals surface area (Å²) >= 11 is 0. The zero-order valence-corrected chi connectivity index (χ0v) is 16.6. The predicted molar refractivity (Wildman–Crippen MR) is 103 cm³/mol. The van der Waals surface area contributed by atoms with Crippen LogP contribution in [-0.4, -0.2) is 49.8 Å². The summed E-state index contributed by atoms with van der Waals surface area (Å²) in [5, 5.41) is 0. The van der Waals surface area contributed by atoms with Crippen LogP contribution in [0, 0.1) is 11.8 Å². The van der Waals surface area contributed by atoms with Gasteiger partial charge in [-0.2, -0.15) is 0 Å². The average Bonchev–Trinajstić information content (AvgIpc) is 2.64. The van der Waals surface area contributed by atoms with E-state index in [1.807, 2.05) is 12.1 Å². The molecule has 1 aromatic rings. The lowest BCUT2D eigenvalue weighted by atomic mass is 9.82. The van der Waals surface area contributed by atoms with Crippen molar-refractivity contribution in [3.63, 3.8) is 0 Å². The zero-order valence-electron chi connectivity index (χ0n) is 16.6. The van der Waals surface area contributed by atoms with Gasteiger partial charge in [0.05, 0.1) is 38.3 Å². The summed E-state index contributed by atoms with van der Waals surface area (Å²) in [7, 11) is 2.40. The molecule has 0 bridgehead atoms. The minimum Gasteiger partial charge on any atom is -0.493 e. The Kier molecular flexibility index (Phi) is 6.23. The van der Waals surface area contributed by atoms with Crippen LogP contribution in [0.3, 0.4) is 0 Å². The molecule has 0 unspecified atom stereocenters. The highest BCUT2D eigenvalue weighted by molar-refractivity contribution is 5.89. The van der Waals surface area contributed by atoms with E-state index in [-0.39, 0.29) is 5.97 Å². The fourth-order valence-corrected chi connectivity index (χ4v) is 4.64. The Hall–Kier alpha value is -1.55. The number of nitrogens with zero attached hydrogens (tertiary/aromatic N) is 1. The van der Waals surface area contributed by atoms with Gasteiger partial charge in [-0.25, -0.2) is 4.79 Å². The molecule has 0 spiro atoms. The molecule has 0 N–H and O–H groups in total. The predicted octanol–water partition coefficient (Wildman–Crippen LogP) is 4.29.